The Morgan fingerprint density at radius 3 is 2.19 bits per heavy atom. The summed E-state index contributed by atoms with van der Waals surface area (Å²) in [6, 6.07) is 19.6. The molecule has 1 heterocycles. The van der Waals surface area contributed by atoms with Crippen molar-refractivity contribution in [3.05, 3.63) is 94.4 Å². The van der Waals surface area contributed by atoms with E-state index in [9.17, 15) is 18.5 Å². The summed E-state index contributed by atoms with van der Waals surface area (Å²) in [6.07, 6.45) is 1.36. The number of amides is 1. The molecule has 3 rings (SSSR count). The number of hydrogen-bond donors (Lipinski definition) is 1. The van der Waals surface area contributed by atoms with Crippen LogP contribution in [0.5, 0.6) is 0 Å². The van der Waals surface area contributed by atoms with Gasteiger partial charge >= 0.3 is 0 Å². The molecule has 7 nitrogen and oxygen atoms in total. The van der Waals surface area contributed by atoms with Gasteiger partial charge in [-0.2, -0.15) is 9.57 Å². The number of carbonyl (C=O) groups is 1. The predicted molar refractivity (Wildman–Crippen MR) is 139 cm³/mol. The van der Waals surface area contributed by atoms with Gasteiger partial charge in [0.15, 0.2) is 0 Å². The van der Waals surface area contributed by atoms with Crippen LogP contribution in [0.4, 0.5) is 0 Å². The monoisotopic (exact) mass is 505 g/mol. The number of carbonyl (C=O) groups excluding carboxylic acids is 1. The zero-order valence-corrected chi connectivity index (χ0v) is 21.8. The second kappa shape index (κ2) is 11.8. The predicted octanol–water partition coefficient (Wildman–Crippen LogP) is 4.97. The van der Waals surface area contributed by atoms with Crippen LogP contribution < -0.4 is 5.32 Å². The molecule has 36 heavy (non-hydrogen) atoms. The quantitative estimate of drug-likeness (QED) is 0.310. The molecular weight excluding hydrogens is 474 g/mol. The number of furan rings is 1. The van der Waals surface area contributed by atoms with Gasteiger partial charge in [-0.05, 0) is 49.6 Å². The molecule has 8 heteroatoms. The molecule has 1 N–H and O–H groups in total. The second-order valence-electron chi connectivity index (χ2n) is 9.15. The fraction of sp³-hybridized carbons (Fsp3) is 0.286. The number of rotatable bonds is 10. The van der Waals surface area contributed by atoms with Crippen molar-refractivity contribution in [2.45, 2.75) is 45.7 Å². The molecule has 0 radical (unpaired) electrons. The Morgan fingerprint density at radius 2 is 1.61 bits per heavy atom. The molecule has 0 fully saturated rings. The van der Waals surface area contributed by atoms with Crippen molar-refractivity contribution in [2.75, 3.05) is 6.54 Å². The highest BCUT2D eigenvalue weighted by Gasteiger charge is 2.26. The molecule has 0 saturated carbocycles. The standard InChI is InChI=1S/C28H31N3O4S/c1-20(2)17-30-28(32)24(16-29)15-25-11-12-26(35-25)19-31(18-23-9-5-21(3)6-10-23)36(33,34)27-13-7-22(4)8-14-27/h5-15,20H,17-19H2,1-4H3,(H,30,32)/b24-15-. The molecule has 0 aliphatic heterocycles. The summed E-state index contributed by atoms with van der Waals surface area (Å²) in [5.74, 6) is 0.458. The molecule has 0 atom stereocenters. The molecule has 0 spiro atoms. The molecule has 0 bridgehead atoms. The van der Waals surface area contributed by atoms with Gasteiger partial charge in [0.05, 0.1) is 11.4 Å². The van der Waals surface area contributed by atoms with Gasteiger partial charge in [0.25, 0.3) is 5.91 Å². The first-order valence-electron chi connectivity index (χ1n) is 11.7. The van der Waals surface area contributed by atoms with Gasteiger partial charge < -0.3 is 9.73 Å². The first-order valence-corrected chi connectivity index (χ1v) is 13.1. The van der Waals surface area contributed by atoms with E-state index in [1.165, 1.54) is 10.4 Å². The summed E-state index contributed by atoms with van der Waals surface area (Å²) in [5.41, 5.74) is 2.81. The van der Waals surface area contributed by atoms with Crippen molar-refractivity contribution in [2.24, 2.45) is 5.92 Å². The number of nitriles is 1. The molecule has 0 aliphatic rings. The van der Waals surface area contributed by atoms with Gasteiger partial charge in [0.2, 0.25) is 10.0 Å². The number of sulfonamides is 1. The van der Waals surface area contributed by atoms with E-state index in [2.05, 4.69) is 5.32 Å². The lowest BCUT2D eigenvalue weighted by Crippen LogP contribution is -2.30. The molecule has 1 aromatic heterocycles. The Labute approximate surface area is 213 Å². The van der Waals surface area contributed by atoms with Crippen LogP contribution in [0.15, 0.2) is 75.5 Å². The van der Waals surface area contributed by atoms with Crippen molar-refractivity contribution in [3.63, 3.8) is 0 Å². The minimum Gasteiger partial charge on any atom is -0.460 e. The second-order valence-corrected chi connectivity index (χ2v) is 11.1. The summed E-state index contributed by atoms with van der Waals surface area (Å²) >= 11 is 0. The van der Waals surface area contributed by atoms with E-state index in [1.54, 1.807) is 36.4 Å². The summed E-state index contributed by atoms with van der Waals surface area (Å²) in [5, 5.41) is 12.1. The average molecular weight is 506 g/mol. The van der Waals surface area contributed by atoms with Crippen LogP contribution in [0.1, 0.15) is 42.1 Å². The molecule has 0 aliphatic carbocycles. The van der Waals surface area contributed by atoms with E-state index in [0.29, 0.717) is 18.1 Å². The van der Waals surface area contributed by atoms with Gasteiger partial charge in [0, 0.05) is 19.2 Å². The van der Waals surface area contributed by atoms with E-state index >= 15 is 0 Å². The van der Waals surface area contributed by atoms with Crippen LogP contribution in [0.25, 0.3) is 6.08 Å². The lowest BCUT2D eigenvalue weighted by molar-refractivity contribution is -0.117. The van der Waals surface area contributed by atoms with Crippen LogP contribution in [0, 0.1) is 31.1 Å². The Morgan fingerprint density at radius 1 is 1.00 bits per heavy atom. The topological polar surface area (TPSA) is 103 Å². The molecule has 0 unspecified atom stereocenters. The fourth-order valence-electron chi connectivity index (χ4n) is 3.40. The van der Waals surface area contributed by atoms with E-state index < -0.39 is 15.9 Å². The zero-order valence-electron chi connectivity index (χ0n) is 21.0. The highest BCUT2D eigenvalue weighted by molar-refractivity contribution is 7.89. The normalized spacial score (nSPS) is 12.1. The third kappa shape index (κ3) is 7.17. The van der Waals surface area contributed by atoms with E-state index in [-0.39, 0.29) is 29.5 Å². The van der Waals surface area contributed by atoms with Crippen molar-refractivity contribution in [1.82, 2.24) is 9.62 Å². The number of nitrogens with one attached hydrogen (secondary N) is 1. The van der Waals surface area contributed by atoms with Crippen molar-refractivity contribution in [1.29, 1.82) is 5.26 Å². The van der Waals surface area contributed by atoms with E-state index in [0.717, 1.165) is 16.7 Å². The van der Waals surface area contributed by atoms with Gasteiger partial charge in [-0.3, -0.25) is 4.79 Å². The van der Waals surface area contributed by atoms with Crippen LogP contribution >= 0.6 is 0 Å². The maximum absolute atomic E-state index is 13.5. The maximum atomic E-state index is 13.5. The third-order valence-corrected chi connectivity index (χ3v) is 7.28. The van der Waals surface area contributed by atoms with Crippen LogP contribution in [-0.4, -0.2) is 25.2 Å². The van der Waals surface area contributed by atoms with Gasteiger partial charge in [-0.1, -0.05) is 61.4 Å². The van der Waals surface area contributed by atoms with E-state index in [4.69, 9.17) is 4.42 Å². The lowest BCUT2D eigenvalue weighted by atomic mass is 10.1. The maximum Gasteiger partial charge on any atom is 0.262 e. The number of benzene rings is 2. The van der Waals surface area contributed by atoms with Crippen molar-refractivity contribution < 1.29 is 17.6 Å². The Hall–Kier alpha value is -3.67. The molecular formula is C28H31N3O4S. The Bertz CT molecular complexity index is 1360. The molecule has 188 valence electrons. The molecule has 3 aromatic rings. The highest BCUT2D eigenvalue weighted by atomic mass is 32.2. The first kappa shape index (κ1) is 26.9. The Balaban J connectivity index is 1.88. The van der Waals surface area contributed by atoms with Gasteiger partial charge in [0.1, 0.15) is 23.2 Å². The summed E-state index contributed by atoms with van der Waals surface area (Å²) < 4.78 is 34.3. The Kier molecular flexibility index (Phi) is 8.86. The third-order valence-electron chi connectivity index (χ3n) is 5.48. The lowest BCUT2D eigenvalue weighted by Gasteiger charge is -2.21. The van der Waals surface area contributed by atoms with E-state index in [1.807, 2.05) is 58.0 Å². The number of hydrogen-bond acceptors (Lipinski definition) is 5. The largest absolute Gasteiger partial charge is 0.460 e. The molecule has 2 aromatic carbocycles. The minimum atomic E-state index is -3.83. The van der Waals surface area contributed by atoms with Gasteiger partial charge in [-0.25, -0.2) is 8.42 Å². The number of aryl methyl sites for hydroxylation is 2. The minimum absolute atomic E-state index is 0.0145. The highest BCUT2D eigenvalue weighted by Crippen LogP contribution is 2.23. The first-order chi connectivity index (χ1) is 17.1. The molecule has 0 saturated heterocycles. The average Bonchev–Trinajstić information content (AvgIpc) is 3.29. The van der Waals surface area contributed by atoms with Crippen molar-refractivity contribution >= 4 is 22.0 Å². The molecule has 1 amide bonds. The summed E-state index contributed by atoms with van der Waals surface area (Å²) in [4.78, 5) is 12.5. The fourth-order valence-corrected chi connectivity index (χ4v) is 4.79. The smallest absolute Gasteiger partial charge is 0.262 e. The zero-order chi connectivity index (χ0) is 26.3. The van der Waals surface area contributed by atoms with Crippen LogP contribution in [0.2, 0.25) is 0 Å². The van der Waals surface area contributed by atoms with Crippen LogP contribution in [0.3, 0.4) is 0 Å². The summed E-state index contributed by atoms with van der Waals surface area (Å²) in [7, 11) is -3.83. The SMILES string of the molecule is Cc1ccc(CN(Cc2ccc(/C=C(/C#N)C(=O)NCC(C)C)o2)S(=O)(=O)c2ccc(C)cc2)cc1. The number of nitrogens with zero attached hydrogens (tertiary/aromatic N) is 2. The van der Waals surface area contributed by atoms with Crippen LogP contribution in [-0.2, 0) is 27.9 Å². The van der Waals surface area contributed by atoms with Crippen molar-refractivity contribution in [3.8, 4) is 6.07 Å². The summed E-state index contributed by atoms with van der Waals surface area (Å²) in [6.45, 7) is 8.39. The van der Waals surface area contributed by atoms with Gasteiger partial charge in [-0.15, -0.1) is 0 Å².